The van der Waals surface area contributed by atoms with Gasteiger partial charge in [0.1, 0.15) is 0 Å². The molecule has 1 aromatic carbocycles. The molecule has 0 aliphatic carbocycles. The van der Waals surface area contributed by atoms with Gasteiger partial charge in [-0.15, -0.1) is 0 Å². The minimum Gasteiger partial charge on any atom is -0.385 e. The highest BCUT2D eigenvalue weighted by molar-refractivity contribution is 5.79. The van der Waals surface area contributed by atoms with E-state index in [9.17, 15) is 4.79 Å². The van der Waals surface area contributed by atoms with Crippen molar-refractivity contribution >= 4 is 11.9 Å². The predicted octanol–water partition coefficient (Wildman–Crippen LogP) is 2.82. The Hall–Kier alpha value is -2.47. The molecular formula is C21H28N4O2. The highest BCUT2D eigenvalue weighted by Crippen LogP contribution is 2.23. The molecule has 6 nitrogen and oxygen atoms in total. The fourth-order valence-electron chi connectivity index (χ4n) is 3.32. The number of carbonyl (C=O) groups excluding carboxylic acids is 1. The van der Waals surface area contributed by atoms with Gasteiger partial charge < -0.3 is 15.0 Å². The molecule has 1 aliphatic rings. The van der Waals surface area contributed by atoms with E-state index in [-0.39, 0.29) is 11.8 Å². The number of amides is 1. The van der Waals surface area contributed by atoms with Crippen LogP contribution in [-0.2, 0) is 9.53 Å². The number of rotatable bonds is 7. The molecule has 6 heteroatoms. The fraction of sp³-hybridized carbons (Fsp3) is 0.476. The van der Waals surface area contributed by atoms with Gasteiger partial charge in [-0.2, -0.15) is 0 Å². The second-order valence-corrected chi connectivity index (χ2v) is 7.06. The van der Waals surface area contributed by atoms with E-state index in [4.69, 9.17) is 4.74 Å². The van der Waals surface area contributed by atoms with Crippen LogP contribution in [0.5, 0.6) is 0 Å². The molecule has 1 N–H and O–H groups in total. The van der Waals surface area contributed by atoms with E-state index < -0.39 is 0 Å². The Labute approximate surface area is 161 Å². The van der Waals surface area contributed by atoms with Gasteiger partial charge in [0.25, 0.3) is 0 Å². The third-order valence-corrected chi connectivity index (χ3v) is 4.92. The standard InChI is InChI=1S/C21H28N4O2/c1-16-6-8-17(9-7-16)19-13-23-21(24-14-19)25-11-3-5-18(15-25)20(26)22-10-4-12-27-2/h6-9,13-14,18H,3-5,10-12,15H2,1-2H3,(H,22,26)/t18-/m1/s1. The van der Waals surface area contributed by atoms with Crippen LogP contribution in [0.15, 0.2) is 36.7 Å². The topological polar surface area (TPSA) is 67.3 Å². The lowest BCUT2D eigenvalue weighted by Crippen LogP contribution is -2.44. The number of methoxy groups -OCH3 is 1. The SMILES string of the molecule is COCCCNC(=O)[C@@H]1CCCN(c2ncc(-c3ccc(C)cc3)cn2)C1. The monoisotopic (exact) mass is 368 g/mol. The van der Waals surface area contributed by atoms with Crippen LogP contribution in [-0.4, -0.2) is 49.2 Å². The molecule has 0 spiro atoms. The van der Waals surface area contributed by atoms with Crippen LogP contribution < -0.4 is 10.2 Å². The van der Waals surface area contributed by atoms with Crippen LogP contribution in [0.1, 0.15) is 24.8 Å². The summed E-state index contributed by atoms with van der Waals surface area (Å²) >= 11 is 0. The Morgan fingerprint density at radius 1 is 1.22 bits per heavy atom. The van der Waals surface area contributed by atoms with Crippen LogP contribution in [0.3, 0.4) is 0 Å². The maximum absolute atomic E-state index is 12.4. The molecule has 0 unspecified atom stereocenters. The zero-order chi connectivity index (χ0) is 19.1. The van der Waals surface area contributed by atoms with Gasteiger partial charge in [-0.25, -0.2) is 9.97 Å². The van der Waals surface area contributed by atoms with Gasteiger partial charge >= 0.3 is 0 Å². The minimum atomic E-state index is -0.0123. The number of hydrogen-bond donors (Lipinski definition) is 1. The normalized spacial score (nSPS) is 17.0. The molecule has 1 aromatic heterocycles. The number of carbonyl (C=O) groups is 1. The Morgan fingerprint density at radius 2 is 1.96 bits per heavy atom. The number of aromatic nitrogens is 2. The lowest BCUT2D eigenvalue weighted by molar-refractivity contribution is -0.125. The lowest BCUT2D eigenvalue weighted by Gasteiger charge is -2.32. The van der Waals surface area contributed by atoms with Gasteiger partial charge in [-0.3, -0.25) is 4.79 Å². The van der Waals surface area contributed by atoms with Crippen molar-refractivity contribution in [1.82, 2.24) is 15.3 Å². The zero-order valence-corrected chi connectivity index (χ0v) is 16.1. The summed E-state index contributed by atoms with van der Waals surface area (Å²) in [4.78, 5) is 23.6. The first-order valence-corrected chi connectivity index (χ1v) is 9.58. The van der Waals surface area contributed by atoms with E-state index in [0.717, 1.165) is 36.9 Å². The quantitative estimate of drug-likeness (QED) is 0.761. The average Bonchev–Trinajstić information content (AvgIpc) is 2.72. The molecule has 3 rings (SSSR count). The zero-order valence-electron chi connectivity index (χ0n) is 16.1. The van der Waals surface area contributed by atoms with Crippen LogP contribution in [0, 0.1) is 12.8 Å². The summed E-state index contributed by atoms with van der Waals surface area (Å²) < 4.78 is 5.02. The van der Waals surface area contributed by atoms with Crippen LogP contribution in [0.2, 0.25) is 0 Å². The summed E-state index contributed by atoms with van der Waals surface area (Å²) in [5, 5.41) is 3.01. The average molecular weight is 368 g/mol. The van der Waals surface area contributed by atoms with Gasteiger partial charge in [0.15, 0.2) is 0 Å². The molecule has 0 radical (unpaired) electrons. The molecule has 0 bridgehead atoms. The third kappa shape index (κ3) is 5.26. The van der Waals surface area contributed by atoms with E-state index in [1.54, 1.807) is 7.11 Å². The number of piperidine rings is 1. The number of benzene rings is 1. The summed E-state index contributed by atoms with van der Waals surface area (Å²) in [6.07, 6.45) is 6.44. The smallest absolute Gasteiger partial charge is 0.225 e. The Bertz CT molecular complexity index is 731. The maximum atomic E-state index is 12.4. The second kappa shape index (κ2) is 9.46. The molecule has 1 fully saturated rings. The van der Waals surface area contributed by atoms with E-state index in [1.165, 1.54) is 5.56 Å². The first-order chi connectivity index (χ1) is 13.2. The summed E-state index contributed by atoms with van der Waals surface area (Å²) in [7, 11) is 1.67. The van der Waals surface area contributed by atoms with Gasteiger partial charge in [-0.1, -0.05) is 29.8 Å². The second-order valence-electron chi connectivity index (χ2n) is 7.06. The van der Waals surface area contributed by atoms with Crippen molar-refractivity contribution in [3.05, 3.63) is 42.2 Å². The van der Waals surface area contributed by atoms with Crippen molar-refractivity contribution < 1.29 is 9.53 Å². The minimum absolute atomic E-state index is 0.0123. The number of nitrogens with one attached hydrogen (secondary N) is 1. The summed E-state index contributed by atoms with van der Waals surface area (Å²) in [6.45, 7) is 4.95. The first-order valence-electron chi connectivity index (χ1n) is 9.58. The van der Waals surface area contributed by atoms with Gasteiger partial charge in [0.2, 0.25) is 11.9 Å². The highest BCUT2D eigenvalue weighted by atomic mass is 16.5. The molecule has 1 aliphatic heterocycles. The van der Waals surface area contributed by atoms with Crippen molar-refractivity contribution in [2.45, 2.75) is 26.2 Å². The van der Waals surface area contributed by atoms with Crippen molar-refractivity contribution in [3.8, 4) is 11.1 Å². The highest BCUT2D eigenvalue weighted by Gasteiger charge is 2.26. The first kappa shape index (κ1) is 19.3. The van der Waals surface area contributed by atoms with Crippen LogP contribution >= 0.6 is 0 Å². The summed E-state index contributed by atoms with van der Waals surface area (Å²) in [5.41, 5.74) is 3.35. The number of hydrogen-bond acceptors (Lipinski definition) is 5. The molecule has 1 saturated heterocycles. The summed E-state index contributed by atoms with van der Waals surface area (Å²) in [6, 6.07) is 8.34. The van der Waals surface area contributed by atoms with Crippen molar-refractivity contribution in [2.24, 2.45) is 5.92 Å². The van der Waals surface area contributed by atoms with Gasteiger partial charge in [-0.05, 0) is 31.7 Å². The number of anilines is 1. The molecule has 27 heavy (non-hydrogen) atoms. The molecular weight excluding hydrogens is 340 g/mol. The maximum Gasteiger partial charge on any atom is 0.225 e. The van der Waals surface area contributed by atoms with Gasteiger partial charge in [0.05, 0.1) is 5.92 Å². The van der Waals surface area contributed by atoms with Crippen molar-refractivity contribution in [1.29, 1.82) is 0 Å². The lowest BCUT2D eigenvalue weighted by atomic mass is 9.97. The predicted molar refractivity (Wildman–Crippen MR) is 107 cm³/mol. The Balaban J connectivity index is 1.59. The Kier molecular flexibility index (Phi) is 6.76. The number of ether oxygens (including phenoxy) is 1. The van der Waals surface area contributed by atoms with E-state index >= 15 is 0 Å². The molecule has 144 valence electrons. The van der Waals surface area contributed by atoms with Crippen LogP contribution in [0.4, 0.5) is 5.95 Å². The number of aryl methyl sites for hydroxylation is 1. The van der Waals surface area contributed by atoms with E-state index in [2.05, 4.69) is 51.4 Å². The van der Waals surface area contributed by atoms with E-state index in [0.29, 0.717) is 25.6 Å². The molecule has 1 atom stereocenters. The fourth-order valence-corrected chi connectivity index (χ4v) is 3.32. The third-order valence-electron chi connectivity index (χ3n) is 4.92. The van der Waals surface area contributed by atoms with Crippen LogP contribution in [0.25, 0.3) is 11.1 Å². The largest absolute Gasteiger partial charge is 0.385 e. The molecule has 1 amide bonds. The van der Waals surface area contributed by atoms with Crippen molar-refractivity contribution in [2.75, 3.05) is 38.3 Å². The molecule has 2 heterocycles. The van der Waals surface area contributed by atoms with Gasteiger partial charge in [0, 0.05) is 51.3 Å². The Morgan fingerprint density at radius 3 is 2.67 bits per heavy atom. The molecule has 0 saturated carbocycles. The van der Waals surface area contributed by atoms with Crippen molar-refractivity contribution in [3.63, 3.8) is 0 Å². The summed E-state index contributed by atoms with van der Waals surface area (Å²) in [5.74, 6) is 0.802. The molecule has 2 aromatic rings. The van der Waals surface area contributed by atoms with E-state index in [1.807, 2.05) is 12.4 Å². The number of nitrogens with zero attached hydrogens (tertiary/aromatic N) is 3.